The number of thiazole rings is 1. The number of fused-ring (bicyclic) bond motifs is 1. The highest BCUT2D eigenvalue weighted by molar-refractivity contribution is 7.07. The number of hydrogen-bond acceptors (Lipinski definition) is 5. The largest absolute Gasteiger partial charge is 0.465 e. The lowest BCUT2D eigenvalue weighted by Gasteiger charge is -2.16. The summed E-state index contributed by atoms with van der Waals surface area (Å²) in [5, 5.41) is 6.74. The molecule has 2 aromatic carbocycles. The highest BCUT2D eigenvalue weighted by Crippen LogP contribution is 2.18. The summed E-state index contributed by atoms with van der Waals surface area (Å²) < 4.78 is 4.80. The Bertz CT molecular complexity index is 818. The Labute approximate surface area is 136 Å². The smallest absolute Gasteiger partial charge is 0.293 e. The molecule has 6 heteroatoms. The van der Waals surface area contributed by atoms with Gasteiger partial charge in [0.25, 0.3) is 12.4 Å². The van der Waals surface area contributed by atoms with Gasteiger partial charge in [-0.05, 0) is 22.9 Å². The number of hydrogen-bond donors (Lipinski definition) is 1. The van der Waals surface area contributed by atoms with Crippen LogP contribution in [0.2, 0.25) is 0 Å². The molecule has 1 amide bonds. The fourth-order valence-corrected chi connectivity index (χ4v) is 2.91. The SMILES string of the molecule is O=COCC(NC(=O)c1ccc2ccccc2c1)c1cscn1. The van der Waals surface area contributed by atoms with Crippen LogP contribution in [-0.4, -0.2) is 24.0 Å². The van der Waals surface area contributed by atoms with Crippen LogP contribution in [0.4, 0.5) is 0 Å². The Morgan fingerprint density at radius 1 is 1.26 bits per heavy atom. The number of aromatic nitrogens is 1. The molecule has 116 valence electrons. The summed E-state index contributed by atoms with van der Waals surface area (Å²) in [5.41, 5.74) is 2.90. The summed E-state index contributed by atoms with van der Waals surface area (Å²) in [4.78, 5) is 27.1. The van der Waals surface area contributed by atoms with Gasteiger partial charge in [0, 0.05) is 10.9 Å². The highest BCUT2D eigenvalue weighted by Gasteiger charge is 2.18. The standard InChI is InChI=1S/C17H14N2O3S/c20-11-22-8-15(16-9-23-10-18-16)19-17(21)14-6-5-12-3-1-2-4-13(12)7-14/h1-7,9-11,15H,8H2,(H,19,21). The fraction of sp³-hybridized carbons (Fsp3) is 0.118. The van der Waals surface area contributed by atoms with Gasteiger partial charge in [0.2, 0.25) is 0 Å². The zero-order chi connectivity index (χ0) is 16.1. The fourth-order valence-electron chi connectivity index (χ4n) is 2.30. The van der Waals surface area contributed by atoms with Crippen molar-refractivity contribution in [3.8, 4) is 0 Å². The number of nitrogens with zero attached hydrogens (tertiary/aromatic N) is 1. The number of carbonyl (C=O) groups excluding carboxylic acids is 2. The van der Waals surface area contributed by atoms with Crippen molar-refractivity contribution < 1.29 is 14.3 Å². The second kappa shape index (κ2) is 7.02. The number of benzene rings is 2. The summed E-state index contributed by atoms with van der Waals surface area (Å²) in [6.07, 6.45) is 0. The maximum atomic E-state index is 12.5. The third-order valence-corrected chi connectivity index (χ3v) is 4.06. The van der Waals surface area contributed by atoms with Gasteiger partial charge in [-0.3, -0.25) is 9.59 Å². The van der Waals surface area contributed by atoms with Crippen LogP contribution in [0.3, 0.4) is 0 Å². The summed E-state index contributed by atoms with van der Waals surface area (Å²) in [7, 11) is 0. The third-order valence-electron chi connectivity index (χ3n) is 3.46. The first-order valence-electron chi connectivity index (χ1n) is 7.01. The van der Waals surface area contributed by atoms with E-state index in [9.17, 15) is 9.59 Å². The van der Waals surface area contributed by atoms with E-state index < -0.39 is 6.04 Å². The van der Waals surface area contributed by atoms with E-state index in [0.717, 1.165) is 10.8 Å². The Morgan fingerprint density at radius 3 is 2.83 bits per heavy atom. The Kier molecular flexibility index (Phi) is 4.63. The van der Waals surface area contributed by atoms with Crippen LogP contribution in [0.25, 0.3) is 10.8 Å². The van der Waals surface area contributed by atoms with E-state index in [4.69, 9.17) is 4.74 Å². The van der Waals surface area contributed by atoms with Gasteiger partial charge in [-0.2, -0.15) is 0 Å². The number of amides is 1. The predicted octanol–water partition coefficient (Wildman–Crippen LogP) is 2.94. The van der Waals surface area contributed by atoms with Crippen molar-refractivity contribution in [1.29, 1.82) is 0 Å². The molecule has 1 atom stereocenters. The molecule has 0 saturated carbocycles. The van der Waals surface area contributed by atoms with Gasteiger partial charge in [0.15, 0.2) is 0 Å². The second-order valence-corrected chi connectivity index (χ2v) is 5.65. The molecule has 23 heavy (non-hydrogen) atoms. The van der Waals surface area contributed by atoms with Crippen molar-refractivity contribution >= 4 is 34.5 Å². The molecule has 0 aliphatic rings. The van der Waals surface area contributed by atoms with Gasteiger partial charge in [0.1, 0.15) is 12.6 Å². The van der Waals surface area contributed by atoms with E-state index in [1.165, 1.54) is 11.3 Å². The van der Waals surface area contributed by atoms with Crippen molar-refractivity contribution in [2.45, 2.75) is 6.04 Å². The van der Waals surface area contributed by atoms with Gasteiger partial charge in [-0.25, -0.2) is 4.98 Å². The van der Waals surface area contributed by atoms with E-state index in [2.05, 4.69) is 10.3 Å². The molecule has 1 unspecified atom stereocenters. The van der Waals surface area contributed by atoms with E-state index in [0.29, 0.717) is 17.7 Å². The second-order valence-electron chi connectivity index (χ2n) is 4.93. The molecular weight excluding hydrogens is 312 g/mol. The summed E-state index contributed by atoms with van der Waals surface area (Å²) in [6.45, 7) is 0.411. The Balaban J connectivity index is 1.80. The van der Waals surface area contributed by atoms with Crippen molar-refractivity contribution in [2.24, 2.45) is 0 Å². The molecule has 0 spiro atoms. The number of ether oxygens (including phenoxy) is 1. The van der Waals surface area contributed by atoms with Crippen molar-refractivity contribution in [2.75, 3.05) is 6.61 Å². The first-order chi connectivity index (χ1) is 11.3. The lowest BCUT2D eigenvalue weighted by atomic mass is 10.1. The van der Waals surface area contributed by atoms with Crippen LogP contribution in [0.15, 0.2) is 53.4 Å². The number of rotatable bonds is 6. The van der Waals surface area contributed by atoms with E-state index in [1.54, 1.807) is 11.6 Å². The van der Waals surface area contributed by atoms with Crippen LogP contribution >= 0.6 is 11.3 Å². The van der Waals surface area contributed by atoms with Crippen molar-refractivity contribution in [1.82, 2.24) is 10.3 Å². The maximum Gasteiger partial charge on any atom is 0.293 e. The first-order valence-corrected chi connectivity index (χ1v) is 7.95. The molecule has 3 aromatic rings. The van der Waals surface area contributed by atoms with Crippen LogP contribution in [0, 0.1) is 0 Å². The Hall–Kier alpha value is -2.73. The topological polar surface area (TPSA) is 68.3 Å². The quantitative estimate of drug-likeness (QED) is 0.707. The zero-order valence-corrected chi connectivity index (χ0v) is 13.0. The Morgan fingerprint density at radius 2 is 2.09 bits per heavy atom. The van der Waals surface area contributed by atoms with Gasteiger partial charge in [-0.15, -0.1) is 11.3 Å². The number of carbonyl (C=O) groups is 2. The molecule has 0 saturated heterocycles. The summed E-state index contributed by atoms with van der Waals surface area (Å²) >= 11 is 1.42. The van der Waals surface area contributed by atoms with E-state index in [-0.39, 0.29) is 12.5 Å². The summed E-state index contributed by atoms with van der Waals surface area (Å²) in [6, 6.07) is 12.9. The number of nitrogens with one attached hydrogen (secondary N) is 1. The molecule has 1 aromatic heterocycles. The molecule has 0 bridgehead atoms. The van der Waals surface area contributed by atoms with Crippen LogP contribution in [-0.2, 0) is 9.53 Å². The van der Waals surface area contributed by atoms with Gasteiger partial charge in [0.05, 0.1) is 11.2 Å². The molecule has 3 rings (SSSR count). The zero-order valence-electron chi connectivity index (χ0n) is 12.1. The lowest BCUT2D eigenvalue weighted by Crippen LogP contribution is -2.31. The molecule has 1 heterocycles. The van der Waals surface area contributed by atoms with Gasteiger partial charge < -0.3 is 10.1 Å². The molecule has 0 radical (unpaired) electrons. The van der Waals surface area contributed by atoms with Crippen LogP contribution < -0.4 is 5.32 Å². The first kappa shape index (κ1) is 15.2. The third kappa shape index (κ3) is 3.54. The van der Waals surface area contributed by atoms with Crippen LogP contribution in [0.5, 0.6) is 0 Å². The molecule has 0 aliphatic heterocycles. The predicted molar refractivity (Wildman–Crippen MR) is 88.3 cm³/mol. The monoisotopic (exact) mass is 326 g/mol. The molecule has 5 nitrogen and oxygen atoms in total. The van der Waals surface area contributed by atoms with Gasteiger partial charge in [-0.1, -0.05) is 30.3 Å². The molecule has 0 aliphatic carbocycles. The minimum Gasteiger partial charge on any atom is -0.465 e. The van der Waals surface area contributed by atoms with E-state index >= 15 is 0 Å². The molecular formula is C17H14N2O3S. The average Bonchev–Trinajstić information content (AvgIpc) is 3.12. The molecule has 1 N–H and O–H groups in total. The van der Waals surface area contributed by atoms with Crippen molar-refractivity contribution in [3.63, 3.8) is 0 Å². The average molecular weight is 326 g/mol. The lowest BCUT2D eigenvalue weighted by molar-refractivity contribution is -0.129. The highest BCUT2D eigenvalue weighted by atomic mass is 32.1. The minimum atomic E-state index is -0.467. The van der Waals surface area contributed by atoms with E-state index in [1.807, 2.05) is 41.8 Å². The molecule has 0 fully saturated rings. The minimum absolute atomic E-state index is 0.0482. The normalized spacial score (nSPS) is 11.8. The van der Waals surface area contributed by atoms with Gasteiger partial charge >= 0.3 is 0 Å². The van der Waals surface area contributed by atoms with Crippen molar-refractivity contribution in [3.05, 3.63) is 64.6 Å². The maximum absolute atomic E-state index is 12.5. The summed E-state index contributed by atoms with van der Waals surface area (Å²) in [5.74, 6) is -0.233. The van der Waals surface area contributed by atoms with Crippen LogP contribution in [0.1, 0.15) is 22.1 Å².